The summed E-state index contributed by atoms with van der Waals surface area (Å²) in [5.74, 6) is 2.78. The number of para-hydroxylation sites is 1. The van der Waals surface area contributed by atoms with Gasteiger partial charge in [0.25, 0.3) is 0 Å². The minimum Gasteiger partial charge on any atom is -0.425 e. The summed E-state index contributed by atoms with van der Waals surface area (Å²) in [7, 11) is 0. The number of nitrogens with zero attached hydrogens (tertiary/aromatic N) is 9. The number of hydrogen-bond donors (Lipinski definition) is 5. The summed E-state index contributed by atoms with van der Waals surface area (Å²) in [5.41, 5.74) is 17.5. The number of aliphatic imine (C=N–C) groups is 2. The Kier molecular flexibility index (Phi) is 24.4. The highest BCUT2D eigenvalue weighted by molar-refractivity contribution is 5.96. The van der Waals surface area contributed by atoms with Crippen LogP contribution in [0.5, 0.6) is 5.75 Å². The highest BCUT2D eigenvalue weighted by atomic mass is 16.5. The summed E-state index contributed by atoms with van der Waals surface area (Å²) in [6, 6.07) is 44.0. The van der Waals surface area contributed by atoms with Crippen molar-refractivity contribution in [2.45, 2.75) is 150 Å². The van der Waals surface area contributed by atoms with Gasteiger partial charge in [-0.25, -0.2) is 10.3 Å². The first kappa shape index (κ1) is 72.6. The quantitative estimate of drug-likeness (QED) is 0.0190. The highest BCUT2D eigenvalue weighted by Gasteiger charge is 2.37. The van der Waals surface area contributed by atoms with E-state index in [2.05, 4.69) is 191 Å². The second-order valence-electron chi connectivity index (χ2n) is 28.1. The van der Waals surface area contributed by atoms with Crippen LogP contribution in [-0.2, 0) is 33.3 Å². The van der Waals surface area contributed by atoms with Crippen molar-refractivity contribution in [3.8, 4) is 40.7 Å². The lowest BCUT2D eigenvalue weighted by molar-refractivity contribution is -0.135. The van der Waals surface area contributed by atoms with Crippen molar-refractivity contribution in [2.24, 2.45) is 9.98 Å². The lowest BCUT2D eigenvalue weighted by Crippen LogP contribution is -2.41. The van der Waals surface area contributed by atoms with Crippen molar-refractivity contribution < 1.29 is 14.3 Å². The molecule has 4 aromatic heterocycles. The van der Waals surface area contributed by atoms with E-state index in [1.165, 1.54) is 56.5 Å². The molecule has 2 atom stereocenters. The zero-order valence-electron chi connectivity index (χ0n) is 59.0. The van der Waals surface area contributed by atoms with Gasteiger partial charge in [0.1, 0.15) is 5.75 Å². The molecular formula is C83H100N14O3. The van der Waals surface area contributed by atoms with Crippen LogP contribution in [0.2, 0.25) is 0 Å². The SMILES string of the molecule is C.Cc1cc(C)cc(-c2[nH]c3ccc(C(C)(C)C(=O)N4CCCC4)cc3c2CCCN=C(NC#N)N2CCC(c3ccncc3)C2)c1.Cc1cc(C)cc(-c2[nH]c3ccc(C(C)(C)C(=O)N4CCCC4)cc3c2CCCN=C(NC#N)Oc2ccccc2)c1.c1cc(C2CCNC2)ccn1. The van der Waals surface area contributed by atoms with Crippen LogP contribution in [0.1, 0.15) is 154 Å². The Morgan fingerprint density at radius 3 is 1.50 bits per heavy atom. The van der Waals surface area contributed by atoms with E-state index in [9.17, 15) is 20.1 Å². The molecule has 9 aromatic rings. The fourth-order valence-corrected chi connectivity index (χ4v) is 14.7. The number of amidine groups is 1. The molecule has 5 N–H and O–H groups in total. The van der Waals surface area contributed by atoms with Crippen LogP contribution < -0.4 is 20.7 Å². The van der Waals surface area contributed by atoms with E-state index < -0.39 is 10.8 Å². The number of amides is 2. The first-order valence-electron chi connectivity index (χ1n) is 35.4. The lowest BCUT2D eigenvalue weighted by atomic mass is 9.82. The van der Waals surface area contributed by atoms with Gasteiger partial charge >= 0.3 is 6.02 Å². The van der Waals surface area contributed by atoms with E-state index >= 15 is 0 Å². The summed E-state index contributed by atoms with van der Waals surface area (Å²) >= 11 is 0. The van der Waals surface area contributed by atoms with Gasteiger partial charge < -0.3 is 34.7 Å². The van der Waals surface area contributed by atoms with Crippen molar-refractivity contribution in [3.05, 3.63) is 208 Å². The molecule has 17 nitrogen and oxygen atoms in total. The molecule has 0 bridgehead atoms. The Morgan fingerprint density at radius 2 is 1.04 bits per heavy atom. The van der Waals surface area contributed by atoms with E-state index in [-0.39, 0.29) is 25.3 Å². The standard InChI is InChI=1S/C38H45N7O.C35H39N5O2.C9H12N2.CH4/c1-26-20-27(2)22-30(21-26)35-32(33-23-31(9-10-34(33)43-35)38(3,4)36(46)44-17-5-6-18-44)8-7-14-41-37(42-25-39)45-19-13-29(24-45)28-11-15-40-16-12-28;1-24-19-25(2)21-26(20-24)32-29(13-10-16-37-34(38-23-36)42-28-11-6-5-7-12-28)30-22-27(14-15-31(30)39-32)35(3,4)33(41)40-17-8-9-18-40;1-4-10-5-2-8(1)9-3-6-11-7-9;/h9-12,15-16,20-23,29,43H,5-8,13-14,17-19,24H2,1-4H3,(H,41,42);5-7,11-12,14-15,19-22,39H,8-10,13,16-18H2,1-4H3,(H,37,38);1-2,4-5,9,11H,3,6-7H2;1H4. The maximum absolute atomic E-state index is 13.6. The molecule has 0 radical (unpaired) electrons. The van der Waals surface area contributed by atoms with Gasteiger partial charge in [-0.3, -0.25) is 29.9 Å². The van der Waals surface area contributed by atoms with E-state index in [1.54, 1.807) is 0 Å². The van der Waals surface area contributed by atoms with Crippen LogP contribution >= 0.6 is 0 Å². The molecule has 2 unspecified atom stereocenters. The van der Waals surface area contributed by atoms with Gasteiger partial charge in [-0.15, -0.1) is 0 Å². The largest absolute Gasteiger partial charge is 0.425 e. The molecule has 4 saturated heterocycles. The Labute approximate surface area is 591 Å². The molecule has 8 heterocycles. The van der Waals surface area contributed by atoms with E-state index in [1.807, 2.05) is 85.0 Å². The van der Waals surface area contributed by atoms with E-state index in [0.29, 0.717) is 30.7 Å². The third-order valence-electron chi connectivity index (χ3n) is 20.0. The average molecular weight is 1340 g/mol. The van der Waals surface area contributed by atoms with E-state index in [0.717, 1.165) is 166 Å². The third kappa shape index (κ3) is 17.7. The highest BCUT2D eigenvalue weighted by Crippen LogP contribution is 2.39. The normalized spacial score (nSPS) is 16.3. The number of fused-ring (bicyclic) bond motifs is 2. The maximum Gasteiger partial charge on any atom is 0.303 e. The van der Waals surface area contributed by atoms with Gasteiger partial charge in [0.05, 0.1) is 10.8 Å². The molecular weight excluding hydrogens is 1240 g/mol. The minimum atomic E-state index is -0.621. The number of benzene rings is 5. The monoisotopic (exact) mass is 1340 g/mol. The summed E-state index contributed by atoms with van der Waals surface area (Å²) < 4.78 is 5.77. The van der Waals surface area contributed by atoms with Gasteiger partial charge in [0.2, 0.25) is 17.8 Å². The number of H-pyrrole nitrogens is 2. The summed E-state index contributed by atoms with van der Waals surface area (Å²) in [4.78, 5) is 58.3. The van der Waals surface area contributed by atoms with Crippen LogP contribution in [0.25, 0.3) is 44.3 Å². The van der Waals surface area contributed by atoms with Crippen LogP contribution in [0.15, 0.2) is 162 Å². The van der Waals surface area contributed by atoms with Gasteiger partial charge in [-0.1, -0.05) is 72.1 Å². The summed E-state index contributed by atoms with van der Waals surface area (Å²) in [6.45, 7) is 25.1. The zero-order valence-corrected chi connectivity index (χ0v) is 59.0. The average Bonchev–Trinajstić information content (AvgIpc) is 1.57. The van der Waals surface area contributed by atoms with Crippen molar-refractivity contribution in [2.75, 3.05) is 65.4 Å². The van der Waals surface area contributed by atoms with Crippen LogP contribution in [0.4, 0.5) is 0 Å². The predicted octanol–water partition coefficient (Wildman–Crippen LogP) is 15.2. The summed E-state index contributed by atoms with van der Waals surface area (Å²) in [5, 5.41) is 29.7. The number of pyridine rings is 2. The molecule has 520 valence electrons. The maximum atomic E-state index is 13.6. The minimum absolute atomic E-state index is 0. The Bertz CT molecular complexity index is 4350. The number of guanidine groups is 1. The first-order chi connectivity index (χ1) is 48.0. The van der Waals surface area contributed by atoms with Crippen molar-refractivity contribution in [3.63, 3.8) is 0 Å². The smallest absolute Gasteiger partial charge is 0.303 e. The first-order valence-corrected chi connectivity index (χ1v) is 35.4. The number of carbonyl (C=O) groups is 2. The molecule has 4 aliphatic heterocycles. The Morgan fingerprint density at radius 1 is 0.570 bits per heavy atom. The number of aromatic nitrogens is 4. The number of nitrogens with one attached hydrogen (secondary N) is 5. The van der Waals surface area contributed by atoms with Crippen LogP contribution in [-0.4, -0.2) is 124 Å². The van der Waals surface area contributed by atoms with Gasteiger partial charge in [0.15, 0.2) is 12.4 Å². The molecule has 13 rings (SSSR count). The second kappa shape index (κ2) is 33.6. The number of carbonyl (C=O) groups excluding carboxylic acids is 2. The van der Waals surface area contributed by atoms with Crippen molar-refractivity contribution in [1.29, 1.82) is 10.5 Å². The van der Waals surface area contributed by atoms with Crippen LogP contribution in [0.3, 0.4) is 0 Å². The molecule has 5 aromatic carbocycles. The fourth-order valence-electron chi connectivity index (χ4n) is 14.7. The van der Waals surface area contributed by atoms with Crippen LogP contribution in [0, 0.1) is 50.6 Å². The molecule has 0 saturated carbocycles. The zero-order chi connectivity index (χ0) is 69.5. The van der Waals surface area contributed by atoms with Crippen molar-refractivity contribution >= 4 is 45.6 Å². The molecule has 17 heteroatoms. The number of rotatable bonds is 17. The van der Waals surface area contributed by atoms with Crippen molar-refractivity contribution in [1.82, 2.24) is 50.6 Å². The number of aromatic amines is 2. The molecule has 100 heavy (non-hydrogen) atoms. The number of likely N-dealkylation sites (tertiary alicyclic amines) is 3. The number of hydrogen-bond acceptors (Lipinski definition) is 10. The van der Waals surface area contributed by atoms with Gasteiger partial charge in [-0.05, 0) is 261 Å². The molecule has 0 spiro atoms. The molecule has 0 aliphatic carbocycles. The number of ether oxygens (including phenoxy) is 1. The lowest BCUT2D eigenvalue weighted by Gasteiger charge is -2.29. The number of nitriles is 2. The third-order valence-corrected chi connectivity index (χ3v) is 20.0. The number of aryl methyl sites for hydroxylation is 6. The Hall–Kier alpha value is -10.1. The van der Waals surface area contributed by atoms with Gasteiger partial charge in [-0.2, -0.15) is 10.5 Å². The second-order valence-corrected chi connectivity index (χ2v) is 28.1. The summed E-state index contributed by atoms with van der Waals surface area (Å²) in [6.07, 6.45) is 21.2. The Balaban J connectivity index is 0.000000186. The predicted molar refractivity (Wildman–Crippen MR) is 404 cm³/mol. The van der Waals surface area contributed by atoms with Gasteiger partial charge in [0, 0.05) is 123 Å². The topological polar surface area (TPSA) is 219 Å². The molecule has 2 amide bonds. The molecule has 4 aliphatic rings. The molecule has 4 fully saturated rings. The fraction of sp³-hybridized carbons (Fsp3) is 0.398. The van der Waals surface area contributed by atoms with E-state index in [4.69, 9.17) is 9.73 Å².